The highest BCUT2D eigenvalue weighted by atomic mass is 16.3. The van der Waals surface area contributed by atoms with Crippen LogP contribution in [-0.4, -0.2) is 57.3 Å². The Labute approximate surface area is 362 Å². The van der Waals surface area contributed by atoms with Crippen LogP contribution in [0.5, 0.6) is 0 Å². The number of aliphatic hydroxyl groups excluding tert-OH is 4. The summed E-state index contributed by atoms with van der Waals surface area (Å²) in [6.45, 7) is 4.03. The summed E-state index contributed by atoms with van der Waals surface area (Å²) in [4.78, 5) is 12.5. The first-order chi connectivity index (χ1) is 28.5. The van der Waals surface area contributed by atoms with Crippen LogP contribution in [0, 0.1) is 0 Å². The van der Waals surface area contributed by atoms with E-state index < -0.39 is 36.9 Å². The van der Waals surface area contributed by atoms with Gasteiger partial charge in [0.05, 0.1) is 18.8 Å². The monoisotopic (exact) mass is 824 g/mol. The summed E-state index contributed by atoms with van der Waals surface area (Å²) >= 11 is 0. The molecule has 0 spiro atoms. The minimum atomic E-state index is -1.25. The zero-order valence-corrected chi connectivity index (χ0v) is 39.3. The van der Waals surface area contributed by atoms with Crippen molar-refractivity contribution in [3.63, 3.8) is 0 Å². The molecule has 6 heteroatoms. The lowest BCUT2D eigenvalue weighted by Crippen LogP contribution is -2.53. The first kappa shape index (κ1) is 57.3. The van der Waals surface area contributed by atoms with Gasteiger partial charge in [0.2, 0.25) is 5.91 Å². The summed E-state index contributed by atoms with van der Waals surface area (Å²) in [7, 11) is 0. The van der Waals surface area contributed by atoms with Crippen molar-refractivity contribution in [3.05, 3.63) is 0 Å². The SMILES string of the molecule is CCCCCCCCCCCCCCCCCCCCCCCCCCCCCCCCCCCCC(O)C(=O)NC(CO)C(O)C(O)CCCCCCCCCC. The van der Waals surface area contributed by atoms with Crippen molar-refractivity contribution >= 4 is 5.91 Å². The normalized spacial score (nSPS) is 13.8. The Morgan fingerprint density at radius 2 is 0.586 bits per heavy atom. The molecule has 0 rings (SSSR count). The van der Waals surface area contributed by atoms with E-state index in [1.54, 1.807) is 0 Å². The summed E-state index contributed by atoms with van der Waals surface area (Å²) in [5, 5.41) is 43.5. The van der Waals surface area contributed by atoms with Crippen LogP contribution >= 0.6 is 0 Å². The Kier molecular flexibility index (Phi) is 46.8. The Bertz CT molecular complexity index is 796. The van der Waals surface area contributed by atoms with Crippen molar-refractivity contribution in [2.24, 2.45) is 0 Å². The lowest BCUT2D eigenvalue weighted by molar-refractivity contribution is -0.132. The van der Waals surface area contributed by atoms with Crippen LogP contribution in [-0.2, 0) is 4.79 Å². The second-order valence-electron chi connectivity index (χ2n) is 18.6. The van der Waals surface area contributed by atoms with Crippen molar-refractivity contribution in [1.82, 2.24) is 5.32 Å². The van der Waals surface area contributed by atoms with Gasteiger partial charge in [0.25, 0.3) is 0 Å². The molecular weight excluding hydrogens is 719 g/mol. The van der Waals surface area contributed by atoms with Gasteiger partial charge in [-0.05, 0) is 12.8 Å². The van der Waals surface area contributed by atoms with E-state index in [2.05, 4.69) is 19.2 Å². The van der Waals surface area contributed by atoms with Crippen molar-refractivity contribution in [2.75, 3.05) is 6.61 Å². The number of rotatable bonds is 49. The summed E-state index contributed by atoms with van der Waals surface area (Å²) in [6.07, 6.45) is 53.5. The molecule has 0 aliphatic carbocycles. The average Bonchev–Trinajstić information content (AvgIpc) is 3.23. The molecule has 58 heavy (non-hydrogen) atoms. The fourth-order valence-corrected chi connectivity index (χ4v) is 8.64. The first-order valence-corrected chi connectivity index (χ1v) is 26.4. The number of aliphatic hydroxyl groups is 4. The highest BCUT2D eigenvalue weighted by Gasteiger charge is 2.28. The van der Waals surface area contributed by atoms with Gasteiger partial charge >= 0.3 is 0 Å². The van der Waals surface area contributed by atoms with Gasteiger partial charge in [0.15, 0.2) is 0 Å². The highest BCUT2D eigenvalue weighted by molar-refractivity contribution is 5.80. The van der Waals surface area contributed by atoms with Gasteiger partial charge in [-0.1, -0.05) is 284 Å². The topological polar surface area (TPSA) is 110 Å². The third kappa shape index (κ3) is 40.7. The molecule has 0 radical (unpaired) electrons. The molecule has 4 unspecified atom stereocenters. The van der Waals surface area contributed by atoms with Crippen molar-refractivity contribution < 1.29 is 25.2 Å². The van der Waals surface area contributed by atoms with E-state index in [4.69, 9.17) is 0 Å². The van der Waals surface area contributed by atoms with Crippen LogP contribution in [0.1, 0.15) is 296 Å². The summed E-state index contributed by atoms with van der Waals surface area (Å²) in [6, 6.07) is -0.978. The smallest absolute Gasteiger partial charge is 0.249 e. The molecule has 5 N–H and O–H groups in total. The standard InChI is InChI=1S/C52H105NO5/c1-3-5-7-9-11-13-14-15-16-17-18-19-20-21-22-23-24-25-26-27-28-29-30-31-32-33-34-35-36-37-38-40-42-44-46-50(56)52(58)53-48(47-54)51(57)49(55)45-43-41-39-12-10-8-6-4-2/h48-51,54-57H,3-47H2,1-2H3,(H,53,58). The molecule has 0 aromatic heterocycles. The molecule has 4 atom stereocenters. The minimum absolute atomic E-state index is 0.375. The Hall–Kier alpha value is -0.690. The van der Waals surface area contributed by atoms with E-state index in [0.29, 0.717) is 12.8 Å². The number of amides is 1. The average molecular weight is 824 g/mol. The summed E-state index contributed by atoms with van der Waals surface area (Å²) in [5.41, 5.74) is 0. The molecule has 0 aliphatic heterocycles. The van der Waals surface area contributed by atoms with Crippen LogP contribution in [0.15, 0.2) is 0 Å². The quantitative estimate of drug-likeness (QED) is 0.0393. The Balaban J connectivity index is 3.44. The Morgan fingerprint density at radius 1 is 0.362 bits per heavy atom. The number of hydrogen-bond acceptors (Lipinski definition) is 5. The zero-order chi connectivity index (χ0) is 42.4. The number of nitrogens with one attached hydrogen (secondary N) is 1. The molecule has 0 aliphatic rings. The third-order valence-corrected chi connectivity index (χ3v) is 12.8. The first-order valence-electron chi connectivity index (χ1n) is 26.4. The van der Waals surface area contributed by atoms with Crippen LogP contribution in [0.25, 0.3) is 0 Å². The van der Waals surface area contributed by atoms with Gasteiger partial charge in [0, 0.05) is 0 Å². The van der Waals surface area contributed by atoms with Crippen LogP contribution in [0.3, 0.4) is 0 Å². The van der Waals surface area contributed by atoms with E-state index in [9.17, 15) is 25.2 Å². The van der Waals surface area contributed by atoms with Gasteiger partial charge in [-0.3, -0.25) is 4.79 Å². The van der Waals surface area contributed by atoms with Gasteiger partial charge < -0.3 is 25.7 Å². The molecule has 0 fully saturated rings. The maximum absolute atomic E-state index is 12.5. The predicted molar refractivity (Wildman–Crippen MR) is 252 cm³/mol. The van der Waals surface area contributed by atoms with E-state index in [1.165, 1.54) is 231 Å². The molecule has 348 valence electrons. The molecular formula is C52H105NO5. The van der Waals surface area contributed by atoms with E-state index in [0.717, 1.165) is 38.5 Å². The van der Waals surface area contributed by atoms with Crippen LogP contribution < -0.4 is 5.32 Å². The second-order valence-corrected chi connectivity index (χ2v) is 18.6. The van der Waals surface area contributed by atoms with Crippen LogP contribution in [0.2, 0.25) is 0 Å². The molecule has 0 saturated heterocycles. The molecule has 0 saturated carbocycles. The maximum atomic E-state index is 12.5. The minimum Gasteiger partial charge on any atom is -0.394 e. The van der Waals surface area contributed by atoms with E-state index in [1.807, 2.05) is 0 Å². The molecule has 0 bridgehead atoms. The van der Waals surface area contributed by atoms with Crippen molar-refractivity contribution in [1.29, 1.82) is 0 Å². The molecule has 1 amide bonds. The third-order valence-electron chi connectivity index (χ3n) is 12.8. The number of carbonyl (C=O) groups is 1. The largest absolute Gasteiger partial charge is 0.394 e. The van der Waals surface area contributed by atoms with Gasteiger partial charge in [-0.25, -0.2) is 0 Å². The lowest BCUT2D eigenvalue weighted by atomic mass is 9.99. The molecule has 0 aromatic rings. The van der Waals surface area contributed by atoms with Crippen molar-refractivity contribution in [2.45, 2.75) is 321 Å². The van der Waals surface area contributed by atoms with Gasteiger partial charge in [-0.15, -0.1) is 0 Å². The number of hydrogen-bond donors (Lipinski definition) is 5. The molecule has 0 heterocycles. The lowest BCUT2D eigenvalue weighted by Gasteiger charge is -2.27. The molecule has 0 aromatic carbocycles. The van der Waals surface area contributed by atoms with Crippen LogP contribution in [0.4, 0.5) is 0 Å². The maximum Gasteiger partial charge on any atom is 0.249 e. The fourth-order valence-electron chi connectivity index (χ4n) is 8.64. The van der Waals surface area contributed by atoms with Gasteiger partial charge in [-0.2, -0.15) is 0 Å². The van der Waals surface area contributed by atoms with E-state index in [-0.39, 0.29) is 0 Å². The van der Waals surface area contributed by atoms with Crippen molar-refractivity contribution in [3.8, 4) is 0 Å². The fraction of sp³-hybridized carbons (Fsp3) is 0.981. The number of carbonyl (C=O) groups excluding carboxylic acids is 1. The predicted octanol–water partition coefficient (Wildman–Crippen LogP) is 14.8. The zero-order valence-electron chi connectivity index (χ0n) is 39.3. The summed E-state index contributed by atoms with van der Waals surface area (Å²) in [5.74, 6) is -0.580. The Morgan fingerprint density at radius 3 is 0.828 bits per heavy atom. The molecule has 6 nitrogen and oxygen atoms in total. The second kappa shape index (κ2) is 47.4. The highest BCUT2D eigenvalue weighted by Crippen LogP contribution is 2.18. The van der Waals surface area contributed by atoms with E-state index >= 15 is 0 Å². The number of unbranched alkanes of at least 4 members (excludes halogenated alkanes) is 40. The summed E-state index contributed by atoms with van der Waals surface area (Å²) < 4.78 is 0. The van der Waals surface area contributed by atoms with Gasteiger partial charge in [0.1, 0.15) is 12.2 Å².